The van der Waals surface area contributed by atoms with E-state index in [9.17, 15) is 4.79 Å². The zero-order chi connectivity index (χ0) is 17.2. The monoisotopic (exact) mass is 347 g/mol. The van der Waals surface area contributed by atoms with Crippen LogP contribution >= 0.6 is 11.3 Å². The third-order valence-electron chi connectivity index (χ3n) is 5.09. The minimum absolute atomic E-state index is 0.0474. The van der Waals surface area contributed by atoms with Gasteiger partial charge >= 0.3 is 0 Å². The Hall–Kier alpha value is -1.73. The maximum absolute atomic E-state index is 12.7. The summed E-state index contributed by atoms with van der Waals surface area (Å²) in [6.07, 6.45) is 5.11. The van der Waals surface area contributed by atoms with E-state index < -0.39 is 0 Å². The molecule has 7 heteroatoms. The van der Waals surface area contributed by atoms with Crippen LogP contribution in [0, 0.1) is 0 Å². The molecule has 0 radical (unpaired) electrons. The molecule has 2 aromatic rings. The van der Waals surface area contributed by atoms with Crippen molar-refractivity contribution in [3.8, 4) is 0 Å². The van der Waals surface area contributed by atoms with Gasteiger partial charge in [-0.2, -0.15) is 0 Å². The van der Waals surface area contributed by atoms with E-state index >= 15 is 0 Å². The van der Waals surface area contributed by atoms with E-state index in [1.807, 2.05) is 11.4 Å². The van der Waals surface area contributed by atoms with Crippen LogP contribution in [-0.4, -0.2) is 40.5 Å². The summed E-state index contributed by atoms with van der Waals surface area (Å²) in [5.41, 5.74) is 5.98. The molecule has 0 spiro atoms. The molecule has 0 bridgehead atoms. The number of carbonyl (C=O) groups is 1. The van der Waals surface area contributed by atoms with Crippen molar-refractivity contribution in [2.45, 2.75) is 51.1 Å². The lowest BCUT2D eigenvalue weighted by Gasteiger charge is -2.30. The molecule has 1 fully saturated rings. The van der Waals surface area contributed by atoms with Gasteiger partial charge in [0.25, 0.3) is 0 Å². The van der Waals surface area contributed by atoms with Crippen molar-refractivity contribution in [2.75, 3.05) is 18.0 Å². The number of rotatable bonds is 6. The fourth-order valence-electron chi connectivity index (χ4n) is 3.18. The van der Waals surface area contributed by atoms with Gasteiger partial charge in [-0.1, -0.05) is 13.8 Å². The number of anilines is 1. The molecule has 1 unspecified atom stereocenters. The second-order valence-electron chi connectivity index (χ2n) is 6.48. The van der Waals surface area contributed by atoms with E-state index in [2.05, 4.69) is 34.0 Å². The smallest absolute Gasteiger partial charge is 0.242 e. The molecule has 2 aromatic heterocycles. The Kier molecular flexibility index (Phi) is 5.01. The molecule has 130 valence electrons. The average Bonchev–Trinajstić information content (AvgIpc) is 3.27. The lowest BCUT2D eigenvalue weighted by atomic mass is 9.94. The molecule has 0 aliphatic carbocycles. The molecule has 24 heavy (non-hydrogen) atoms. The fourth-order valence-corrected chi connectivity index (χ4v) is 3.91. The summed E-state index contributed by atoms with van der Waals surface area (Å²) in [7, 11) is 0. The molecule has 1 aliphatic rings. The molecule has 0 saturated carbocycles. The van der Waals surface area contributed by atoms with E-state index in [4.69, 9.17) is 5.73 Å². The van der Waals surface area contributed by atoms with Crippen LogP contribution in [0.2, 0.25) is 0 Å². The summed E-state index contributed by atoms with van der Waals surface area (Å²) in [5.74, 6) is 0.912. The number of thiophene rings is 1. The number of carbonyl (C=O) groups excluding carboxylic acids is 1. The maximum atomic E-state index is 12.7. The van der Waals surface area contributed by atoms with Gasteiger partial charge in [-0.25, -0.2) is 9.97 Å². The summed E-state index contributed by atoms with van der Waals surface area (Å²) < 4.78 is 0. The number of hydrogen-bond acceptors (Lipinski definition) is 6. The van der Waals surface area contributed by atoms with Crippen molar-refractivity contribution in [3.05, 3.63) is 17.8 Å². The first kappa shape index (κ1) is 17.1. The molecule has 6 nitrogen and oxygen atoms in total. The Bertz CT molecular complexity index is 712. The zero-order valence-corrected chi connectivity index (χ0v) is 15.1. The number of nitrogens with one attached hydrogen (secondary N) is 1. The minimum Gasteiger partial charge on any atom is -0.352 e. The quantitative estimate of drug-likeness (QED) is 0.837. The molecular formula is C17H25N5OS. The van der Waals surface area contributed by atoms with E-state index in [0.717, 1.165) is 48.3 Å². The molecule has 1 saturated heterocycles. The van der Waals surface area contributed by atoms with Crippen molar-refractivity contribution < 1.29 is 4.79 Å². The van der Waals surface area contributed by atoms with Crippen molar-refractivity contribution in [3.63, 3.8) is 0 Å². The molecule has 3 rings (SSSR count). The second kappa shape index (κ2) is 7.03. The number of aromatic nitrogens is 2. The van der Waals surface area contributed by atoms with E-state index in [1.54, 1.807) is 17.7 Å². The van der Waals surface area contributed by atoms with E-state index in [-0.39, 0.29) is 17.5 Å². The van der Waals surface area contributed by atoms with E-state index in [0.29, 0.717) is 6.54 Å². The zero-order valence-electron chi connectivity index (χ0n) is 14.3. The van der Waals surface area contributed by atoms with Crippen LogP contribution < -0.4 is 16.0 Å². The van der Waals surface area contributed by atoms with Gasteiger partial charge in [0.05, 0.1) is 5.39 Å². The van der Waals surface area contributed by atoms with Crippen LogP contribution in [0.1, 0.15) is 39.5 Å². The summed E-state index contributed by atoms with van der Waals surface area (Å²) in [6, 6.07) is 1.85. The predicted octanol–water partition coefficient (Wildman–Crippen LogP) is 2.29. The first-order valence-corrected chi connectivity index (χ1v) is 9.47. The third-order valence-corrected chi connectivity index (χ3v) is 5.91. The van der Waals surface area contributed by atoms with Crippen LogP contribution in [-0.2, 0) is 4.79 Å². The SMILES string of the molecule is CCC(N)(CC)CNC(=O)C1CCCN1c1ncnc2sccc12. The predicted molar refractivity (Wildman–Crippen MR) is 98.3 cm³/mol. The molecule has 3 heterocycles. The molecule has 1 aliphatic heterocycles. The Balaban J connectivity index is 1.76. The normalized spacial score (nSPS) is 18.3. The van der Waals surface area contributed by atoms with Gasteiger partial charge in [-0.05, 0) is 37.1 Å². The molecule has 3 N–H and O–H groups in total. The average molecular weight is 347 g/mol. The maximum Gasteiger partial charge on any atom is 0.242 e. The number of fused-ring (bicyclic) bond motifs is 1. The lowest BCUT2D eigenvalue weighted by Crippen LogP contribution is -2.53. The first-order chi connectivity index (χ1) is 11.6. The van der Waals surface area contributed by atoms with Crippen LogP contribution in [0.15, 0.2) is 17.8 Å². The second-order valence-corrected chi connectivity index (χ2v) is 7.37. The summed E-state index contributed by atoms with van der Waals surface area (Å²) >= 11 is 1.59. The van der Waals surface area contributed by atoms with Gasteiger partial charge in [0.1, 0.15) is 23.0 Å². The highest BCUT2D eigenvalue weighted by Gasteiger charge is 2.33. The standard InChI is InChI=1S/C17H25N5OS/c1-3-17(18,4-2)10-19-15(23)13-6-5-8-22(13)14-12-7-9-24-16(12)21-11-20-14/h7,9,11,13H,3-6,8,10,18H2,1-2H3,(H,19,23). The van der Waals surface area contributed by atoms with Gasteiger partial charge < -0.3 is 16.0 Å². The highest BCUT2D eigenvalue weighted by molar-refractivity contribution is 7.16. The Morgan fingerprint density at radius 1 is 1.46 bits per heavy atom. The lowest BCUT2D eigenvalue weighted by molar-refractivity contribution is -0.122. The Morgan fingerprint density at radius 2 is 2.25 bits per heavy atom. The van der Waals surface area contributed by atoms with Crippen LogP contribution in [0.3, 0.4) is 0 Å². The van der Waals surface area contributed by atoms with Crippen molar-refractivity contribution in [1.82, 2.24) is 15.3 Å². The van der Waals surface area contributed by atoms with Gasteiger partial charge in [0.15, 0.2) is 0 Å². The molecular weight excluding hydrogens is 322 g/mol. The van der Waals surface area contributed by atoms with Gasteiger partial charge in [0.2, 0.25) is 5.91 Å². The van der Waals surface area contributed by atoms with Crippen molar-refractivity contribution >= 4 is 33.3 Å². The third kappa shape index (κ3) is 3.23. The van der Waals surface area contributed by atoms with Gasteiger partial charge in [-0.15, -0.1) is 11.3 Å². The number of hydrogen-bond donors (Lipinski definition) is 2. The topological polar surface area (TPSA) is 84.1 Å². The van der Waals surface area contributed by atoms with Gasteiger partial charge in [-0.3, -0.25) is 4.79 Å². The van der Waals surface area contributed by atoms with E-state index in [1.165, 1.54) is 0 Å². The number of nitrogens with two attached hydrogens (primary N) is 1. The number of nitrogens with zero attached hydrogens (tertiary/aromatic N) is 3. The molecule has 1 amide bonds. The Morgan fingerprint density at radius 3 is 3.00 bits per heavy atom. The van der Waals surface area contributed by atoms with Crippen LogP contribution in [0.25, 0.3) is 10.2 Å². The fraction of sp³-hybridized carbons (Fsp3) is 0.588. The first-order valence-electron chi connectivity index (χ1n) is 8.59. The van der Waals surface area contributed by atoms with Crippen LogP contribution in [0.4, 0.5) is 5.82 Å². The largest absolute Gasteiger partial charge is 0.352 e. The van der Waals surface area contributed by atoms with Crippen molar-refractivity contribution in [1.29, 1.82) is 0 Å². The summed E-state index contributed by atoms with van der Waals surface area (Å²) in [5, 5.41) is 6.10. The van der Waals surface area contributed by atoms with Crippen molar-refractivity contribution in [2.24, 2.45) is 5.73 Å². The number of amides is 1. The highest BCUT2D eigenvalue weighted by atomic mass is 32.1. The molecule has 1 atom stereocenters. The molecule has 0 aromatic carbocycles. The Labute approximate surface area is 146 Å². The highest BCUT2D eigenvalue weighted by Crippen LogP contribution is 2.31. The minimum atomic E-state index is -0.325. The van der Waals surface area contributed by atoms with Gasteiger partial charge in [0, 0.05) is 18.6 Å². The summed E-state index contributed by atoms with van der Waals surface area (Å²) in [6.45, 7) is 5.48. The van der Waals surface area contributed by atoms with Crippen LogP contribution in [0.5, 0.6) is 0 Å². The summed E-state index contributed by atoms with van der Waals surface area (Å²) in [4.78, 5) is 24.6.